The molecule has 0 bridgehead atoms. The molecule has 0 rings (SSSR count). The van der Waals surface area contributed by atoms with Crippen molar-refractivity contribution in [2.45, 2.75) is 31.8 Å². The summed E-state index contributed by atoms with van der Waals surface area (Å²) in [5, 5.41) is 13.0. The summed E-state index contributed by atoms with van der Waals surface area (Å²) in [5.74, 6) is 2.58. The van der Waals surface area contributed by atoms with E-state index in [1.54, 1.807) is 14.0 Å². The van der Waals surface area contributed by atoms with Crippen LogP contribution in [0.1, 0.15) is 26.2 Å². The minimum Gasteiger partial charge on any atom is -0.389 e. The Bertz CT molecular complexity index is 173. The SMILES string of the molecule is C#CCCCNCC(C)(O)CCOC. The van der Waals surface area contributed by atoms with Crippen LogP contribution in [0, 0.1) is 12.3 Å². The van der Waals surface area contributed by atoms with Crippen LogP contribution in [-0.4, -0.2) is 37.5 Å². The first kappa shape index (κ1) is 13.4. The van der Waals surface area contributed by atoms with Crippen molar-refractivity contribution in [3.63, 3.8) is 0 Å². The predicted octanol–water partition coefficient (Wildman–Crippen LogP) is 0.777. The average Bonchev–Trinajstić information content (AvgIpc) is 2.15. The van der Waals surface area contributed by atoms with E-state index in [2.05, 4.69) is 11.2 Å². The molecule has 0 aromatic rings. The molecule has 0 aromatic carbocycles. The monoisotopic (exact) mass is 199 g/mol. The van der Waals surface area contributed by atoms with Crippen LogP contribution in [0.5, 0.6) is 0 Å². The summed E-state index contributed by atoms with van der Waals surface area (Å²) in [6.45, 7) is 3.83. The van der Waals surface area contributed by atoms with Gasteiger partial charge in [-0.1, -0.05) is 0 Å². The highest BCUT2D eigenvalue weighted by molar-refractivity contribution is 4.83. The van der Waals surface area contributed by atoms with Gasteiger partial charge in [0.25, 0.3) is 0 Å². The Balaban J connectivity index is 3.41. The fraction of sp³-hybridized carbons (Fsp3) is 0.818. The van der Waals surface area contributed by atoms with Crippen LogP contribution in [-0.2, 0) is 4.74 Å². The molecule has 14 heavy (non-hydrogen) atoms. The number of unbranched alkanes of at least 4 members (excludes halogenated alkanes) is 1. The molecule has 0 aromatic heterocycles. The van der Waals surface area contributed by atoms with Crippen LogP contribution in [0.4, 0.5) is 0 Å². The molecule has 1 unspecified atom stereocenters. The molecular formula is C11H21NO2. The smallest absolute Gasteiger partial charge is 0.0765 e. The largest absolute Gasteiger partial charge is 0.389 e. The molecule has 0 aliphatic rings. The van der Waals surface area contributed by atoms with Crippen LogP contribution in [0.25, 0.3) is 0 Å². The van der Waals surface area contributed by atoms with E-state index >= 15 is 0 Å². The van der Waals surface area contributed by atoms with Crippen LogP contribution in [0.2, 0.25) is 0 Å². The molecule has 0 aliphatic heterocycles. The summed E-state index contributed by atoms with van der Waals surface area (Å²) in [6, 6.07) is 0. The number of aliphatic hydroxyl groups is 1. The van der Waals surface area contributed by atoms with E-state index < -0.39 is 5.60 Å². The zero-order valence-electron chi connectivity index (χ0n) is 9.18. The number of rotatable bonds is 8. The molecule has 0 saturated heterocycles. The minimum absolute atomic E-state index is 0.582. The van der Waals surface area contributed by atoms with Gasteiger partial charge >= 0.3 is 0 Å². The van der Waals surface area contributed by atoms with E-state index in [4.69, 9.17) is 11.2 Å². The first-order valence-electron chi connectivity index (χ1n) is 4.98. The third-order valence-electron chi connectivity index (χ3n) is 2.03. The van der Waals surface area contributed by atoms with Crippen molar-refractivity contribution in [1.82, 2.24) is 5.32 Å². The summed E-state index contributed by atoms with van der Waals surface area (Å²) in [7, 11) is 1.64. The van der Waals surface area contributed by atoms with Crippen molar-refractivity contribution < 1.29 is 9.84 Å². The third-order valence-corrected chi connectivity index (χ3v) is 2.03. The van der Waals surface area contributed by atoms with Gasteiger partial charge in [0.15, 0.2) is 0 Å². The van der Waals surface area contributed by atoms with Gasteiger partial charge in [0.1, 0.15) is 0 Å². The third kappa shape index (κ3) is 8.06. The lowest BCUT2D eigenvalue weighted by molar-refractivity contribution is 0.0251. The van der Waals surface area contributed by atoms with Gasteiger partial charge < -0.3 is 15.2 Å². The van der Waals surface area contributed by atoms with Gasteiger partial charge in [-0.25, -0.2) is 0 Å². The molecule has 82 valence electrons. The van der Waals surface area contributed by atoms with E-state index in [0.29, 0.717) is 19.6 Å². The van der Waals surface area contributed by atoms with Gasteiger partial charge in [-0.2, -0.15) is 0 Å². The van der Waals surface area contributed by atoms with Crippen molar-refractivity contribution in [2.75, 3.05) is 26.8 Å². The molecule has 1 atom stereocenters. The van der Waals surface area contributed by atoms with Crippen LogP contribution < -0.4 is 5.32 Å². The van der Waals surface area contributed by atoms with Crippen LogP contribution in [0.3, 0.4) is 0 Å². The lowest BCUT2D eigenvalue weighted by Gasteiger charge is -2.23. The number of methoxy groups -OCH3 is 1. The van der Waals surface area contributed by atoms with E-state index in [9.17, 15) is 5.11 Å². The van der Waals surface area contributed by atoms with Crippen molar-refractivity contribution in [1.29, 1.82) is 0 Å². The van der Waals surface area contributed by atoms with E-state index in [0.717, 1.165) is 19.4 Å². The molecule has 0 saturated carbocycles. The number of ether oxygens (including phenoxy) is 1. The molecule has 2 N–H and O–H groups in total. The molecular weight excluding hydrogens is 178 g/mol. The highest BCUT2D eigenvalue weighted by atomic mass is 16.5. The Hall–Kier alpha value is -0.560. The molecule has 3 heteroatoms. The zero-order valence-corrected chi connectivity index (χ0v) is 9.18. The highest BCUT2D eigenvalue weighted by Gasteiger charge is 2.18. The van der Waals surface area contributed by atoms with Gasteiger partial charge in [0.2, 0.25) is 0 Å². The Morgan fingerprint density at radius 2 is 2.29 bits per heavy atom. The fourth-order valence-electron chi connectivity index (χ4n) is 1.08. The van der Waals surface area contributed by atoms with E-state index in [1.807, 2.05) is 0 Å². The Labute approximate surface area is 86.8 Å². The van der Waals surface area contributed by atoms with Crippen molar-refractivity contribution in [2.24, 2.45) is 0 Å². The van der Waals surface area contributed by atoms with Crippen LogP contribution >= 0.6 is 0 Å². The summed E-state index contributed by atoms with van der Waals surface area (Å²) >= 11 is 0. The van der Waals surface area contributed by atoms with Gasteiger partial charge in [-0.05, 0) is 19.9 Å². The van der Waals surface area contributed by atoms with Crippen molar-refractivity contribution >= 4 is 0 Å². The summed E-state index contributed by atoms with van der Waals surface area (Å²) in [5.41, 5.74) is -0.688. The first-order chi connectivity index (χ1) is 6.62. The molecule has 0 heterocycles. The molecule has 0 radical (unpaired) electrons. The maximum atomic E-state index is 9.82. The normalized spacial score (nSPS) is 14.7. The minimum atomic E-state index is -0.688. The summed E-state index contributed by atoms with van der Waals surface area (Å²) in [6.07, 6.45) is 7.50. The predicted molar refractivity (Wildman–Crippen MR) is 58.1 cm³/mol. The second-order valence-corrected chi connectivity index (χ2v) is 3.72. The first-order valence-corrected chi connectivity index (χ1v) is 4.98. The molecule has 0 aliphatic carbocycles. The Morgan fingerprint density at radius 1 is 1.57 bits per heavy atom. The maximum Gasteiger partial charge on any atom is 0.0765 e. The average molecular weight is 199 g/mol. The second kappa shape index (κ2) is 7.81. The number of hydrogen-bond acceptors (Lipinski definition) is 3. The molecule has 0 fully saturated rings. The van der Waals surface area contributed by atoms with Gasteiger partial charge in [0.05, 0.1) is 5.60 Å². The molecule has 0 spiro atoms. The zero-order chi connectivity index (χ0) is 10.9. The lowest BCUT2D eigenvalue weighted by atomic mass is 10.0. The fourth-order valence-corrected chi connectivity index (χ4v) is 1.08. The topological polar surface area (TPSA) is 41.5 Å². The quantitative estimate of drug-likeness (QED) is 0.448. The van der Waals surface area contributed by atoms with Gasteiger partial charge in [-0.3, -0.25) is 0 Å². The van der Waals surface area contributed by atoms with Gasteiger partial charge in [0, 0.05) is 33.1 Å². The highest BCUT2D eigenvalue weighted by Crippen LogP contribution is 2.07. The number of hydrogen-bond donors (Lipinski definition) is 2. The van der Waals surface area contributed by atoms with Gasteiger partial charge in [-0.15, -0.1) is 12.3 Å². The lowest BCUT2D eigenvalue weighted by Crippen LogP contribution is -2.39. The summed E-state index contributed by atoms with van der Waals surface area (Å²) in [4.78, 5) is 0. The number of nitrogens with one attached hydrogen (secondary N) is 1. The number of terminal acetylenes is 1. The van der Waals surface area contributed by atoms with E-state index in [1.165, 1.54) is 0 Å². The maximum absolute atomic E-state index is 9.82. The van der Waals surface area contributed by atoms with E-state index in [-0.39, 0.29) is 0 Å². The molecule has 3 nitrogen and oxygen atoms in total. The standard InChI is InChI=1S/C11H21NO2/c1-4-5-6-8-12-10-11(2,13)7-9-14-3/h1,12-13H,5-10H2,2-3H3. The second-order valence-electron chi connectivity index (χ2n) is 3.72. The van der Waals surface area contributed by atoms with Crippen molar-refractivity contribution in [3.8, 4) is 12.3 Å². The van der Waals surface area contributed by atoms with Crippen molar-refractivity contribution in [3.05, 3.63) is 0 Å². The Kier molecular flexibility index (Phi) is 7.50. The molecule has 0 amide bonds. The Morgan fingerprint density at radius 3 is 2.86 bits per heavy atom. The van der Waals surface area contributed by atoms with Crippen LogP contribution in [0.15, 0.2) is 0 Å². The summed E-state index contributed by atoms with van der Waals surface area (Å²) < 4.78 is 4.91.